The van der Waals surface area contributed by atoms with Gasteiger partial charge in [-0.25, -0.2) is 0 Å². The van der Waals surface area contributed by atoms with E-state index in [1.54, 1.807) is 0 Å². The first-order valence-corrected chi connectivity index (χ1v) is 9.95. The van der Waals surface area contributed by atoms with Crippen molar-refractivity contribution in [2.24, 2.45) is 0 Å². The van der Waals surface area contributed by atoms with Gasteiger partial charge in [-0.1, -0.05) is 121 Å². The molecule has 0 heterocycles. The van der Waals surface area contributed by atoms with E-state index in [1.807, 2.05) is 72.8 Å². The summed E-state index contributed by atoms with van der Waals surface area (Å²) in [6, 6.07) is 10.5. The molecule has 0 bridgehead atoms. The third kappa shape index (κ3) is 8.34. The second-order valence-corrected chi connectivity index (χ2v) is 4.80. The second kappa shape index (κ2) is 19.2. The minimum absolute atomic E-state index is 0.224. The largest absolute Gasteiger partial charge is 0.0991 e. The normalized spacial score (nSPS) is 13.0. The maximum Gasteiger partial charge on any atom is 0.0419 e. The zero-order valence-electron chi connectivity index (χ0n) is 18.8. The smallest absolute Gasteiger partial charge is 0.0419 e. The van der Waals surface area contributed by atoms with E-state index >= 15 is 0 Å². The van der Waals surface area contributed by atoms with Crippen molar-refractivity contribution in [1.82, 2.24) is 0 Å². The van der Waals surface area contributed by atoms with Crippen molar-refractivity contribution < 1.29 is 0 Å². The summed E-state index contributed by atoms with van der Waals surface area (Å²) < 4.78 is 0. The fraction of sp³-hybridized carbons (Fsp3) is 0.385. The van der Waals surface area contributed by atoms with Gasteiger partial charge in [0.2, 0.25) is 0 Å². The van der Waals surface area contributed by atoms with Crippen molar-refractivity contribution in [3.8, 4) is 0 Å². The highest BCUT2D eigenvalue weighted by Crippen LogP contribution is 2.40. The van der Waals surface area contributed by atoms with Gasteiger partial charge in [-0.05, 0) is 37.5 Å². The van der Waals surface area contributed by atoms with Crippen LogP contribution in [0.5, 0.6) is 0 Å². The van der Waals surface area contributed by atoms with Gasteiger partial charge >= 0.3 is 0 Å². The van der Waals surface area contributed by atoms with Crippen molar-refractivity contribution in [2.45, 2.75) is 67.7 Å². The Morgan fingerprint density at radius 1 is 0.846 bits per heavy atom. The molecule has 0 saturated heterocycles. The molecule has 1 atom stereocenters. The predicted molar refractivity (Wildman–Crippen MR) is 125 cm³/mol. The Bertz CT molecular complexity index is 541. The van der Waals surface area contributed by atoms with E-state index < -0.39 is 0 Å². The van der Waals surface area contributed by atoms with E-state index in [9.17, 15) is 0 Å². The maximum absolute atomic E-state index is 3.98. The lowest BCUT2D eigenvalue weighted by atomic mass is 9.69. The van der Waals surface area contributed by atoms with Crippen LogP contribution < -0.4 is 0 Å². The van der Waals surface area contributed by atoms with Gasteiger partial charge in [0.1, 0.15) is 0 Å². The van der Waals surface area contributed by atoms with Gasteiger partial charge in [0.25, 0.3) is 0 Å². The molecular weight excluding hydrogens is 312 g/mol. The zero-order valence-corrected chi connectivity index (χ0v) is 18.8. The quantitative estimate of drug-likeness (QED) is 0.447. The molecule has 0 aromatic heterocycles. The summed E-state index contributed by atoms with van der Waals surface area (Å²) in [6.45, 7) is 26.2. The average molecular weight is 355 g/mol. The summed E-state index contributed by atoms with van der Waals surface area (Å²) in [6.07, 6.45) is 12.2. The molecule has 1 aromatic carbocycles. The molecule has 1 aromatic rings. The van der Waals surface area contributed by atoms with Gasteiger partial charge in [0, 0.05) is 5.41 Å². The van der Waals surface area contributed by atoms with Crippen LogP contribution in [0.25, 0.3) is 0 Å². The van der Waals surface area contributed by atoms with Crippen LogP contribution in [0.4, 0.5) is 0 Å². The highest BCUT2D eigenvalue weighted by Gasteiger charge is 2.31. The highest BCUT2D eigenvalue weighted by molar-refractivity contribution is 5.53. The molecule has 26 heavy (non-hydrogen) atoms. The molecule has 146 valence electrons. The van der Waals surface area contributed by atoms with Crippen LogP contribution in [-0.2, 0) is 5.41 Å². The lowest BCUT2D eigenvalue weighted by Gasteiger charge is -2.33. The maximum atomic E-state index is 3.98. The standard InChI is InChI=1S/C20H24.3C2H6/c1-6-13-17(8-3)20(5,18(9-4)14-7-2)19-15-11-10-12-16-19;3*1-2/h6-16H,1,3H2,2,4-5H3;3*1-2H3/b14-7-,17-13+,18-9+;;;. The molecule has 0 aliphatic carbocycles. The van der Waals surface area contributed by atoms with Crippen molar-refractivity contribution in [3.63, 3.8) is 0 Å². The van der Waals surface area contributed by atoms with Gasteiger partial charge < -0.3 is 0 Å². The zero-order chi connectivity index (χ0) is 21.0. The minimum atomic E-state index is -0.224. The van der Waals surface area contributed by atoms with Crippen LogP contribution >= 0.6 is 0 Å². The molecule has 0 radical (unpaired) electrons. The van der Waals surface area contributed by atoms with E-state index in [4.69, 9.17) is 0 Å². The van der Waals surface area contributed by atoms with Crippen LogP contribution in [-0.4, -0.2) is 0 Å². The predicted octanol–water partition coefficient (Wildman–Crippen LogP) is 8.84. The van der Waals surface area contributed by atoms with E-state index in [0.717, 1.165) is 5.57 Å². The first-order valence-electron chi connectivity index (χ1n) is 9.95. The fourth-order valence-corrected chi connectivity index (χ4v) is 2.57. The Balaban J connectivity index is -0.000000795. The molecule has 0 aliphatic rings. The van der Waals surface area contributed by atoms with Crippen LogP contribution in [0.1, 0.15) is 67.9 Å². The number of hydrogen-bond donors (Lipinski definition) is 0. The Kier molecular flexibility index (Phi) is 21.3. The highest BCUT2D eigenvalue weighted by atomic mass is 14.3. The van der Waals surface area contributed by atoms with E-state index in [1.165, 1.54) is 11.1 Å². The molecule has 0 nitrogen and oxygen atoms in total. The van der Waals surface area contributed by atoms with Crippen molar-refractivity contribution in [1.29, 1.82) is 0 Å². The third-order valence-corrected chi connectivity index (χ3v) is 3.68. The van der Waals surface area contributed by atoms with E-state index in [2.05, 4.69) is 69.5 Å². The van der Waals surface area contributed by atoms with Gasteiger partial charge in [-0.2, -0.15) is 0 Å². The number of benzene rings is 1. The Hall–Kier alpha value is -2.08. The lowest BCUT2D eigenvalue weighted by molar-refractivity contribution is 0.688. The summed E-state index contributed by atoms with van der Waals surface area (Å²) in [7, 11) is 0. The molecule has 0 saturated carbocycles. The average Bonchev–Trinajstić information content (AvgIpc) is 2.74. The summed E-state index contributed by atoms with van der Waals surface area (Å²) in [5.41, 5.74) is 3.42. The lowest BCUT2D eigenvalue weighted by Crippen LogP contribution is -2.26. The van der Waals surface area contributed by atoms with Gasteiger partial charge in [0.15, 0.2) is 0 Å². The Morgan fingerprint density at radius 3 is 1.69 bits per heavy atom. The second-order valence-electron chi connectivity index (χ2n) is 4.80. The monoisotopic (exact) mass is 354 g/mol. The van der Waals surface area contributed by atoms with Gasteiger partial charge in [-0.15, -0.1) is 0 Å². The topological polar surface area (TPSA) is 0 Å². The number of rotatable bonds is 6. The molecule has 1 unspecified atom stereocenters. The van der Waals surface area contributed by atoms with Crippen molar-refractivity contribution in [2.75, 3.05) is 0 Å². The molecule has 0 fully saturated rings. The summed E-state index contributed by atoms with van der Waals surface area (Å²) in [4.78, 5) is 0. The SMILES string of the molecule is C=C/C=C(\C=C)C(C)(C(/C=C\C)=C/C)c1ccccc1.CC.CC.CC. The summed E-state index contributed by atoms with van der Waals surface area (Å²) in [5.74, 6) is 0. The minimum Gasteiger partial charge on any atom is -0.0991 e. The van der Waals surface area contributed by atoms with Crippen molar-refractivity contribution in [3.05, 3.63) is 96.7 Å². The first-order chi connectivity index (χ1) is 12.6. The van der Waals surface area contributed by atoms with Crippen molar-refractivity contribution >= 4 is 0 Å². The number of allylic oxidation sites excluding steroid dienone is 8. The third-order valence-electron chi connectivity index (χ3n) is 3.68. The molecule has 0 heteroatoms. The Morgan fingerprint density at radius 2 is 1.35 bits per heavy atom. The molecule has 0 amide bonds. The van der Waals surface area contributed by atoms with Crippen LogP contribution in [0.15, 0.2) is 91.1 Å². The first kappa shape index (κ1) is 28.7. The summed E-state index contributed by atoms with van der Waals surface area (Å²) >= 11 is 0. The number of hydrogen-bond acceptors (Lipinski definition) is 0. The van der Waals surface area contributed by atoms with E-state index in [0.29, 0.717) is 0 Å². The van der Waals surface area contributed by atoms with Crippen LogP contribution in [0.2, 0.25) is 0 Å². The fourth-order valence-electron chi connectivity index (χ4n) is 2.57. The van der Waals surface area contributed by atoms with Gasteiger partial charge in [0.05, 0.1) is 0 Å². The Labute approximate surface area is 164 Å². The van der Waals surface area contributed by atoms with Crippen LogP contribution in [0, 0.1) is 0 Å². The van der Waals surface area contributed by atoms with E-state index in [-0.39, 0.29) is 5.41 Å². The molecule has 0 aliphatic heterocycles. The molecular formula is C26H42. The molecule has 1 rings (SSSR count). The molecule has 0 spiro atoms. The van der Waals surface area contributed by atoms with Crippen LogP contribution in [0.3, 0.4) is 0 Å². The molecule has 0 N–H and O–H groups in total. The van der Waals surface area contributed by atoms with Gasteiger partial charge in [-0.3, -0.25) is 0 Å². The summed E-state index contributed by atoms with van der Waals surface area (Å²) in [5, 5.41) is 0.